The molecule has 0 spiro atoms. The van der Waals surface area contributed by atoms with E-state index in [0.29, 0.717) is 12.4 Å². The van der Waals surface area contributed by atoms with Gasteiger partial charge in [-0.25, -0.2) is 17.2 Å². The minimum atomic E-state index is -3.94. The van der Waals surface area contributed by atoms with Crippen molar-refractivity contribution in [1.82, 2.24) is 4.72 Å². The van der Waals surface area contributed by atoms with Gasteiger partial charge in [0.25, 0.3) is 0 Å². The van der Waals surface area contributed by atoms with E-state index in [1.165, 1.54) is 37.3 Å². The first-order chi connectivity index (χ1) is 12.2. The molecule has 140 valence electrons. The Balaban J connectivity index is 2.05. The number of hydrogen-bond donors (Lipinski definition) is 2. The monoisotopic (exact) mass is 384 g/mol. The number of carbonyl (C=O) groups excluding carboxylic acids is 1. The van der Waals surface area contributed by atoms with E-state index in [1.54, 1.807) is 6.92 Å². The minimum Gasteiger partial charge on any atom is -0.494 e. The Bertz CT molecular complexity index is 886. The van der Waals surface area contributed by atoms with Crippen LogP contribution in [0.2, 0.25) is 0 Å². The predicted molar refractivity (Wildman–Crippen MR) is 92.4 cm³/mol. The predicted octanol–water partition coefficient (Wildman–Crippen LogP) is 2.67. The number of anilines is 1. The van der Waals surface area contributed by atoms with E-state index in [4.69, 9.17) is 4.74 Å². The highest BCUT2D eigenvalue weighted by Gasteiger charge is 2.22. The van der Waals surface area contributed by atoms with E-state index in [9.17, 15) is 22.0 Å². The Kier molecular flexibility index (Phi) is 6.27. The molecule has 0 radical (unpaired) electrons. The van der Waals surface area contributed by atoms with E-state index in [-0.39, 0.29) is 10.6 Å². The lowest BCUT2D eigenvalue weighted by Crippen LogP contribution is -2.41. The van der Waals surface area contributed by atoms with Crippen LogP contribution in [0.25, 0.3) is 0 Å². The normalized spacial score (nSPS) is 12.5. The van der Waals surface area contributed by atoms with Gasteiger partial charge in [-0.3, -0.25) is 4.79 Å². The third kappa shape index (κ3) is 4.99. The minimum absolute atomic E-state index is 0.0148. The fourth-order valence-corrected chi connectivity index (χ4v) is 3.26. The molecule has 0 bridgehead atoms. The van der Waals surface area contributed by atoms with Crippen LogP contribution in [0.5, 0.6) is 5.75 Å². The van der Waals surface area contributed by atoms with E-state index in [1.807, 2.05) is 0 Å². The molecule has 9 heteroatoms. The number of ether oxygens (including phenoxy) is 1. The fourth-order valence-electron chi connectivity index (χ4n) is 2.06. The van der Waals surface area contributed by atoms with E-state index < -0.39 is 33.6 Å². The maximum Gasteiger partial charge on any atom is 0.242 e. The molecule has 0 heterocycles. The molecule has 0 aromatic heterocycles. The zero-order chi connectivity index (χ0) is 19.3. The van der Waals surface area contributed by atoms with Gasteiger partial charge >= 0.3 is 0 Å². The van der Waals surface area contributed by atoms with Gasteiger partial charge in [-0.15, -0.1) is 0 Å². The Labute approximate surface area is 150 Å². The van der Waals surface area contributed by atoms with Gasteiger partial charge in [0.15, 0.2) is 11.6 Å². The summed E-state index contributed by atoms with van der Waals surface area (Å²) in [6.45, 7) is 3.59. The molecule has 6 nitrogen and oxygen atoms in total. The van der Waals surface area contributed by atoms with Crippen molar-refractivity contribution in [2.45, 2.75) is 24.8 Å². The van der Waals surface area contributed by atoms with Gasteiger partial charge in [-0.1, -0.05) is 0 Å². The van der Waals surface area contributed by atoms with Crippen molar-refractivity contribution < 1.29 is 26.7 Å². The number of carbonyl (C=O) groups is 1. The van der Waals surface area contributed by atoms with Gasteiger partial charge < -0.3 is 10.1 Å². The van der Waals surface area contributed by atoms with Gasteiger partial charge in [0, 0.05) is 11.8 Å². The summed E-state index contributed by atoms with van der Waals surface area (Å²) in [7, 11) is -3.94. The molecule has 26 heavy (non-hydrogen) atoms. The van der Waals surface area contributed by atoms with Crippen LogP contribution in [0.15, 0.2) is 47.4 Å². The highest BCUT2D eigenvalue weighted by atomic mass is 32.2. The number of amides is 1. The van der Waals surface area contributed by atoms with Gasteiger partial charge in [0.1, 0.15) is 5.75 Å². The summed E-state index contributed by atoms with van der Waals surface area (Å²) in [5, 5.41) is 2.32. The van der Waals surface area contributed by atoms with Crippen LogP contribution in [0.4, 0.5) is 14.5 Å². The molecule has 0 aliphatic rings. The fraction of sp³-hybridized carbons (Fsp3) is 0.235. The molecule has 2 aromatic carbocycles. The second-order valence-electron chi connectivity index (χ2n) is 5.37. The number of hydrogen-bond acceptors (Lipinski definition) is 4. The molecule has 1 atom stereocenters. The summed E-state index contributed by atoms with van der Waals surface area (Å²) in [6.07, 6.45) is 0. The van der Waals surface area contributed by atoms with Crippen molar-refractivity contribution in [3.8, 4) is 5.75 Å². The van der Waals surface area contributed by atoms with Crippen molar-refractivity contribution in [2.75, 3.05) is 11.9 Å². The van der Waals surface area contributed by atoms with Crippen molar-refractivity contribution in [3.05, 3.63) is 54.1 Å². The first-order valence-electron chi connectivity index (χ1n) is 7.74. The molecule has 0 saturated heterocycles. The lowest BCUT2D eigenvalue weighted by Gasteiger charge is -2.15. The Morgan fingerprint density at radius 2 is 1.77 bits per heavy atom. The first-order valence-corrected chi connectivity index (χ1v) is 9.22. The van der Waals surface area contributed by atoms with Gasteiger partial charge in [-0.2, -0.15) is 4.72 Å². The Morgan fingerprint density at radius 3 is 2.35 bits per heavy atom. The highest BCUT2D eigenvalue weighted by molar-refractivity contribution is 7.89. The number of halogens is 2. The van der Waals surface area contributed by atoms with E-state index >= 15 is 0 Å². The molecular weight excluding hydrogens is 366 g/mol. The highest BCUT2D eigenvalue weighted by Crippen LogP contribution is 2.17. The van der Waals surface area contributed by atoms with E-state index in [0.717, 1.165) is 12.1 Å². The zero-order valence-corrected chi connectivity index (χ0v) is 14.9. The summed E-state index contributed by atoms with van der Waals surface area (Å²) in [4.78, 5) is 12.0. The van der Waals surface area contributed by atoms with Crippen LogP contribution in [-0.2, 0) is 14.8 Å². The van der Waals surface area contributed by atoms with Crippen LogP contribution < -0.4 is 14.8 Å². The van der Waals surface area contributed by atoms with Gasteiger partial charge in [0.05, 0.1) is 17.5 Å². The quantitative estimate of drug-likeness (QED) is 0.769. The molecule has 0 unspecified atom stereocenters. The largest absolute Gasteiger partial charge is 0.494 e. The standard InChI is InChI=1S/C17H18F2N2O4S/c1-3-25-13-5-7-14(8-6-13)26(23,24)21-11(2)17(22)20-12-4-9-15(18)16(19)10-12/h4-11,21H,3H2,1-2H3,(H,20,22)/t11-/m1/s1. The lowest BCUT2D eigenvalue weighted by molar-refractivity contribution is -0.117. The average molecular weight is 384 g/mol. The number of nitrogens with one attached hydrogen (secondary N) is 2. The second kappa shape index (κ2) is 8.24. The smallest absolute Gasteiger partial charge is 0.242 e. The molecule has 2 N–H and O–H groups in total. The van der Waals surface area contributed by atoms with Crippen LogP contribution in [0.1, 0.15) is 13.8 Å². The number of sulfonamides is 1. The Hall–Kier alpha value is -2.52. The molecular formula is C17H18F2N2O4S. The maximum atomic E-state index is 13.2. The molecule has 0 aliphatic carbocycles. The van der Waals surface area contributed by atoms with E-state index in [2.05, 4.69) is 10.0 Å². The number of rotatable bonds is 7. The molecule has 0 saturated carbocycles. The third-order valence-corrected chi connectivity index (χ3v) is 4.91. The first kappa shape index (κ1) is 19.8. The number of benzene rings is 2. The van der Waals surface area contributed by atoms with Crippen LogP contribution in [-0.4, -0.2) is 27.0 Å². The Morgan fingerprint density at radius 1 is 1.12 bits per heavy atom. The summed E-state index contributed by atoms with van der Waals surface area (Å²) < 4.78 is 58.2. The summed E-state index contributed by atoms with van der Waals surface area (Å²) in [6, 6.07) is 7.42. The third-order valence-electron chi connectivity index (χ3n) is 3.36. The lowest BCUT2D eigenvalue weighted by atomic mass is 10.2. The van der Waals surface area contributed by atoms with Gasteiger partial charge in [-0.05, 0) is 50.2 Å². The molecule has 0 aliphatic heterocycles. The van der Waals surface area contributed by atoms with Crippen molar-refractivity contribution >= 4 is 21.6 Å². The van der Waals surface area contributed by atoms with Crippen molar-refractivity contribution in [2.24, 2.45) is 0 Å². The molecule has 1 amide bonds. The van der Waals surface area contributed by atoms with Crippen molar-refractivity contribution in [3.63, 3.8) is 0 Å². The van der Waals surface area contributed by atoms with Crippen LogP contribution in [0.3, 0.4) is 0 Å². The SMILES string of the molecule is CCOc1ccc(S(=O)(=O)N[C@H](C)C(=O)Nc2ccc(F)c(F)c2)cc1. The van der Waals surface area contributed by atoms with Crippen LogP contribution in [0, 0.1) is 11.6 Å². The molecule has 2 aromatic rings. The van der Waals surface area contributed by atoms with Crippen molar-refractivity contribution in [1.29, 1.82) is 0 Å². The maximum absolute atomic E-state index is 13.2. The molecule has 2 rings (SSSR count). The molecule has 0 fully saturated rings. The van der Waals surface area contributed by atoms with Crippen LogP contribution >= 0.6 is 0 Å². The van der Waals surface area contributed by atoms with Gasteiger partial charge in [0.2, 0.25) is 15.9 Å². The topological polar surface area (TPSA) is 84.5 Å². The average Bonchev–Trinajstić information content (AvgIpc) is 2.58. The summed E-state index contributed by atoms with van der Waals surface area (Å²) in [5.41, 5.74) is 0.0148. The second-order valence-corrected chi connectivity index (χ2v) is 7.08. The zero-order valence-electron chi connectivity index (χ0n) is 14.1. The summed E-state index contributed by atoms with van der Waals surface area (Å²) >= 11 is 0. The summed E-state index contributed by atoms with van der Waals surface area (Å²) in [5.74, 6) is -2.36.